The first-order chi connectivity index (χ1) is 15.7. The molecule has 1 aliphatic rings. The van der Waals surface area contributed by atoms with E-state index in [9.17, 15) is 0 Å². The minimum atomic E-state index is 0.600. The molecule has 0 radical (unpaired) electrons. The normalized spacial score (nSPS) is 16.5. The van der Waals surface area contributed by atoms with Gasteiger partial charge in [-0.2, -0.15) is 0 Å². The van der Waals surface area contributed by atoms with Gasteiger partial charge in [0.25, 0.3) is 0 Å². The van der Waals surface area contributed by atoms with Crippen molar-refractivity contribution in [3.05, 3.63) is 0 Å². The molecular weight excluding hydrogens is 416 g/mol. The average Bonchev–Trinajstić information content (AvgIpc) is 2.85. The first-order valence-corrected chi connectivity index (χ1v) is 11.7. The van der Waals surface area contributed by atoms with E-state index in [1.165, 1.54) is 13.5 Å². The van der Waals surface area contributed by atoms with Crippen molar-refractivity contribution in [2.75, 3.05) is 107 Å². The Balaban J connectivity index is -0.000000156. The van der Waals surface area contributed by atoms with Crippen LogP contribution in [-0.2, 0) is 33.2 Å². The second kappa shape index (κ2) is 52.3. The van der Waals surface area contributed by atoms with Gasteiger partial charge < -0.3 is 43.8 Å². The molecule has 0 spiro atoms. The Morgan fingerprint density at radius 2 is 0.875 bits per heavy atom. The van der Waals surface area contributed by atoms with E-state index >= 15 is 0 Å². The minimum Gasteiger partial charge on any atom is -0.385 e. The number of nitrogens with zero attached hydrogens (tertiary/aromatic N) is 1. The van der Waals surface area contributed by atoms with E-state index in [4.69, 9.17) is 28.5 Å². The number of nitrogens with two attached hydrogens (primary N) is 1. The molecule has 1 heterocycles. The van der Waals surface area contributed by atoms with Crippen molar-refractivity contribution in [3.8, 4) is 0 Å². The van der Waals surface area contributed by atoms with Gasteiger partial charge in [0, 0.05) is 26.8 Å². The van der Waals surface area contributed by atoms with Crippen LogP contribution in [0.5, 0.6) is 0 Å². The second-order valence-corrected chi connectivity index (χ2v) is 5.65. The third-order valence-corrected chi connectivity index (χ3v) is 3.01. The van der Waals surface area contributed by atoms with E-state index in [0.717, 1.165) is 32.9 Å². The Morgan fingerprint density at radius 3 is 1.06 bits per heavy atom. The number of hydrogen-bond donors (Lipinski definition) is 1. The van der Waals surface area contributed by atoms with Gasteiger partial charge in [0.05, 0.1) is 66.1 Å². The van der Waals surface area contributed by atoms with Crippen LogP contribution in [0.4, 0.5) is 0 Å². The number of hydrogen-bond acceptors (Lipinski definition) is 9. The molecule has 9 nitrogen and oxygen atoms in total. The third kappa shape index (κ3) is 57.0. The fourth-order valence-electron chi connectivity index (χ4n) is 1.53. The molecule has 32 heavy (non-hydrogen) atoms. The molecule has 0 bridgehead atoms. The van der Waals surface area contributed by atoms with Gasteiger partial charge in [-0.05, 0) is 21.0 Å². The molecule has 1 saturated heterocycles. The lowest BCUT2D eigenvalue weighted by Crippen LogP contribution is -2.28. The molecule has 0 saturated carbocycles. The van der Waals surface area contributed by atoms with Crippen LogP contribution < -0.4 is 5.73 Å². The fourth-order valence-corrected chi connectivity index (χ4v) is 1.53. The van der Waals surface area contributed by atoms with Crippen LogP contribution >= 0.6 is 0 Å². The average molecular weight is 473 g/mol. The summed E-state index contributed by atoms with van der Waals surface area (Å²) in [5, 5.41) is 0. The van der Waals surface area contributed by atoms with Crippen molar-refractivity contribution in [3.63, 3.8) is 0 Å². The topological polar surface area (TPSA) is 102 Å². The number of rotatable bonds is 1. The summed E-state index contributed by atoms with van der Waals surface area (Å²) in [6, 6.07) is 0. The molecule has 1 rings (SSSR count). The van der Waals surface area contributed by atoms with Gasteiger partial charge in [-0.15, -0.1) is 0 Å². The van der Waals surface area contributed by atoms with Crippen molar-refractivity contribution in [2.45, 2.75) is 41.0 Å². The highest BCUT2D eigenvalue weighted by Crippen LogP contribution is 1.88. The molecule has 0 aromatic heterocycles. The largest absolute Gasteiger partial charge is 0.385 e. The molecular formula is C23H56N2O7. The van der Waals surface area contributed by atoms with Crippen LogP contribution in [-0.4, -0.2) is 119 Å². The zero-order valence-electron chi connectivity index (χ0n) is 22.5. The van der Waals surface area contributed by atoms with E-state index in [2.05, 4.69) is 36.3 Å². The van der Waals surface area contributed by atoms with Crippen molar-refractivity contribution in [1.82, 2.24) is 4.90 Å². The van der Waals surface area contributed by atoms with Crippen molar-refractivity contribution in [2.24, 2.45) is 5.73 Å². The quantitative estimate of drug-likeness (QED) is 0.616. The number of likely N-dealkylation sites (N-methyl/N-ethyl adjacent to an activating group) is 1. The number of ether oxygens (including phenoxy) is 6. The molecule has 200 valence electrons. The van der Waals surface area contributed by atoms with Gasteiger partial charge in [0.15, 0.2) is 0 Å². The van der Waals surface area contributed by atoms with Crippen LogP contribution in [0.15, 0.2) is 0 Å². The lowest BCUT2D eigenvalue weighted by atomic mass is 10.5. The predicted molar refractivity (Wildman–Crippen MR) is 134 cm³/mol. The molecule has 0 unspecified atom stereocenters. The molecule has 9 heteroatoms. The first kappa shape index (κ1) is 41.6. The van der Waals surface area contributed by atoms with Crippen molar-refractivity contribution < 1.29 is 33.2 Å². The van der Waals surface area contributed by atoms with E-state index in [1.54, 1.807) is 7.11 Å². The maximum Gasteiger partial charge on any atom is 0.106 e. The van der Waals surface area contributed by atoms with Gasteiger partial charge in [0.2, 0.25) is 0 Å². The van der Waals surface area contributed by atoms with Crippen LogP contribution in [0.3, 0.4) is 0 Å². The standard InChI is InChI=1S/C13H27NO5.C3H8O.C3H8.C2H6.CH5N.CH2O/c1-14-2-4-15-6-8-17-10-12-19-13-11-18-9-7-16-5-3-14;1-3-4-2;1-3-2;3*1-2/h2-13H2,1H3;3H2,1-2H3;3H2,1-2H3;1-2H3;2H2,1H3;1H2. The predicted octanol–water partition coefficient (Wildman–Crippen LogP) is 2.50. The molecule has 2 N–H and O–H groups in total. The van der Waals surface area contributed by atoms with E-state index in [-0.39, 0.29) is 0 Å². The van der Waals surface area contributed by atoms with Crippen LogP contribution in [0.2, 0.25) is 0 Å². The minimum absolute atomic E-state index is 0.600. The van der Waals surface area contributed by atoms with Crippen molar-refractivity contribution in [1.29, 1.82) is 0 Å². The van der Waals surface area contributed by atoms with Gasteiger partial charge in [-0.3, -0.25) is 0 Å². The van der Waals surface area contributed by atoms with Gasteiger partial charge >= 0.3 is 0 Å². The second-order valence-electron chi connectivity index (χ2n) is 5.65. The summed E-state index contributed by atoms with van der Waals surface area (Å²) in [4.78, 5) is 10.2. The smallest absolute Gasteiger partial charge is 0.106 e. The molecule has 0 aliphatic carbocycles. The van der Waals surface area contributed by atoms with Crippen molar-refractivity contribution >= 4 is 6.79 Å². The Bertz CT molecular complexity index is 234. The molecule has 1 fully saturated rings. The van der Waals surface area contributed by atoms with Gasteiger partial charge in [-0.1, -0.05) is 34.1 Å². The first-order valence-electron chi connectivity index (χ1n) is 11.7. The third-order valence-electron chi connectivity index (χ3n) is 3.01. The van der Waals surface area contributed by atoms with Gasteiger partial charge in [0.1, 0.15) is 6.79 Å². The lowest BCUT2D eigenvalue weighted by Gasteiger charge is -2.17. The van der Waals surface area contributed by atoms with Crippen LogP contribution in [0, 0.1) is 0 Å². The van der Waals surface area contributed by atoms with Crippen LogP contribution in [0.1, 0.15) is 41.0 Å². The van der Waals surface area contributed by atoms with Gasteiger partial charge in [-0.25, -0.2) is 0 Å². The number of carbonyl (C=O) groups is 1. The fraction of sp³-hybridized carbons (Fsp3) is 0.957. The van der Waals surface area contributed by atoms with Crippen LogP contribution in [0.25, 0.3) is 0 Å². The SMILES string of the molecule is C=O.CC.CCC.CCOC.CN.CN1CCOCCOCCOCCOCCOCC1. The number of methoxy groups -OCH3 is 1. The Labute approximate surface area is 199 Å². The molecule has 1 aliphatic heterocycles. The maximum atomic E-state index is 8.00. The highest BCUT2D eigenvalue weighted by Gasteiger charge is 1.99. The molecule has 0 atom stereocenters. The highest BCUT2D eigenvalue weighted by molar-refractivity contribution is 5.10. The lowest BCUT2D eigenvalue weighted by molar-refractivity contribution is -0.0980. The Morgan fingerprint density at radius 1 is 0.688 bits per heavy atom. The summed E-state index contributed by atoms with van der Waals surface area (Å²) >= 11 is 0. The zero-order chi connectivity index (χ0) is 25.7. The summed E-state index contributed by atoms with van der Waals surface area (Å²) in [5.74, 6) is 0. The molecule has 0 amide bonds. The van der Waals surface area contributed by atoms with E-state index in [0.29, 0.717) is 52.9 Å². The highest BCUT2D eigenvalue weighted by atomic mass is 16.6. The zero-order valence-corrected chi connectivity index (χ0v) is 22.5. The summed E-state index contributed by atoms with van der Waals surface area (Å²) < 4.78 is 31.6. The summed E-state index contributed by atoms with van der Waals surface area (Å²) in [6.07, 6.45) is 1.25. The summed E-state index contributed by atoms with van der Waals surface area (Å²) in [7, 11) is 5.25. The summed E-state index contributed by atoms with van der Waals surface area (Å²) in [6.45, 7) is 21.2. The Kier molecular flexibility index (Phi) is 68.0. The van der Waals surface area contributed by atoms with E-state index < -0.39 is 0 Å². The van der Waals surface area contributed by atoms with E-state index in [1.807, 2.05) is 27.6 Å². The Hall–Kier alpha value is -0.650. The number of carbonyl (C=O) groups excluding carboxylic acids is 1. The monoisotopic (exact) mass is 472 g/mol. The molecule has 0 aromatic carbocycles. The molecule has 0 aromatic rings. The maximum absolute atomic E-state index is 8.00. The summed E-state index contributed by atoms with van der Waals surface area (Å²) in [5.41, 5.74) is 4.50.